The SMILES string of the molecule is Cc1ccc(NC(=O)CSc2nnc(-c3ccncc3)n2-c2ccccc2C)cc1. The number of amides is 1. The molecular weight excluding hydrogens is 394 g/mol. The molecule has 2 aromatic carbocycles. The number of aryl methyl sites for hydroxylation is 2. The number of carbonyl (C=O) groups is 1. The maximum atomic E-state index is 12.5. The minimum absolute atomic E-state index is 0.0892. The van der Waals surface area contributed by atoms with Crippen LogP contribution in [0.25, 0.3) is 17.1 Å². The zero-order chi connectivity index (χ0) is 20.9. The van der Waals surface area contributed by atoms with Crippen LogP contribution in [0.5, 0.6) is 0 Å². The molecule has 0 bridgehead atoms. The number of nitrogens with zero attached hydrogens (tertiary/aromatic N) is 4. The van der Waals surface area contributed by atoms with Crippen molar-refractivity contribution in [1.82, 2.24) is 19.7 Å². The smallest absolute Gasteiger partial charge is 0.234 e. The fourth-order valence-corrected chi connectivity index (χ4v) is 3.79. The first kappa shape index (κ1) is 19.8. The third kappa shape index (κ3) is 4.41. The van der Waals surface area contributed by atoms with Crippen molar-refractivity contribution in [3.05, 3.63) is 84.2 Å². The summed E-state index contributed by atoms with van der Waals surface area (Å²) in [5.74, 6) is 0.857. The van der Waals surface area contributed by atoms with Gasteiger partial charge in [0, 0.05) is 23.6 Å². The molecule has 30 heavy (non-hydrogen) atoms. The monoisotopic (exact) mass is 415 g/mol. The molecule has 6 nitrogen and oxygen atoms in total. The maximum Gasteiger partial charge on any atom is 0.234 e. The van der Waals surface area contributed by atoms with Crippen molar-refractivity contribution < 1.29 is 4.79 Å². The number of aromatic nitrogens is 4. The molecule has 0 unspecified atom stereocenters. The van der Waals surface area contributed by atoms with Crippen LogP contribution in [0.4, 0.5) is 5.69 Å². The van der Waals surface area contributed by atoms with Crippen molar-refractivity contribution in [2.75, 3.05) is 11.1 Å². The topological polar surface area (TPSA) is 72.7 Å². The Morgan fingerprint density at radius 1 is 0.967 bits per heavy atom. The van der Waals surface area contributed by atoms with E-state index in [4.69, 9.17) is 0 Å². The van der Waals surface area contributed by atoms with E-state index in [0.717, 1.165) is 28.1 Å². The van der Waals surface area contributed by atoms with Gasteiger partial charge >= 0.3 is 0 Å². The standard InChI is InChI=1S/C23H21N5OS/c1-16-7-9-19(10-8-16)25-21(29)15-30-23-27-26-22(18-11-13-24-14-12-18)28(23)20-6-4-3-5-17(20)2/h3-14H,15H2,1-2H3,(H,25,29). The first-order valence-electron chi connectivity index (χ1n) is 9.53. The van der Waals surface area contributed by atoms with Crippen molar-refractivity contribution in [1.29, 1.82) is 0 Å². The van der Waals surface area contributed by atoms with Crippen LogP contribution >= 0.6 is 11.8 Å². The summed E-state index contributed by atoms with van der Waals surface area (Å²) in [7, 11) is 0. The number of hydrogen-bond acceptors (Lipinski definition) is 5. The second-order valence-corrected chi connectivity index (χ2v) is 7.81. The molecule has 0 atom stereocenters. The van der Waals surface area contributed by atoms with Crippen molar-refractivity contribution in [3.63, 3.8) is 0 Å². The number of pyridine rings is 1. The van der Waals surface area contributed by atoms with E-state index in [1.807, 2.05) is 79.1 Å². The van der Waals surface area contributed by atoms with Gasteiger partial charge in [-0.15, -0.1) is 10.2 Å². The summed E-state index contributed by atoms with van der Waals surface area (Å²) in [6.07, 6.45) is 3.46. The Bertz CT molecular complexity index is 1160. The maximum absolute atomic E-state index is 12.5. The highest BCUT2D eigenvalue weighted by molar-refractivity contribution is 7.99. The molecule has 4 aromatic rings. The number of para-hydroxylation sites is 1. The summed E-state index contributed by atoms with van der Waals surface area (Å²) in [5, 5.41) is 12.4. The molecule has 0 spiro atoms. The van der Waals surface area contributed by atoms with Crippen molar-refractivity contribution in [2.45, 2.75) is 19.0 Å². The van der Waals surface area contributed by atoms with Gasteiger partial charge in [0.25, 0.3) is 0 Å². The number of carbonyl (C=O) groups excluding carboxylic acids is 1. The van der Waals surface area contributed by atoms with Crippen LogP contribution < -0.4 is 5.32 Å². The van der Waals surface area contributed by atoms with Gasteiger partial charge in [-0.2, -0.15) is 0 Å². The molecule has 0 saturated carbocycles. The number of thioether (sulfide) groups is 1. The third-order valence-electron chi connectivity index (χ3n) is 4.60. The second-order valence-electron chi connectivity index (χ2n) is 6.87. The summed E-state index contributed by atoms with van der Waals surface area (Å²) < 4.78 is 1.99. The van der Waals surface area contributed by atoms with Gasteiger partial charge in [-0.1, -0.05) is 47.7 Å². The second kappa shape index (κ2) is 8.92. The molecule has 1 N–H and O–H groups in total. The molecule has 2 aromatic heterocycles. The van der Waals surface area contributed by atoms with Gasteiger partial charge in [0.15, 0.2) is 11.0 Å². The van der Waals surface area contributed by atoms with Gasteiger partial charge < -0.3 is 5.32 Å². The summed E-state index contributed by atoms with van der Waals surface area (Å²) >= 11 is 1.36. The van der Waals surface area contributed by atoms with Crippen LogP contribution in [0.3, 0.4) is 0 Å². The lowest BCUT2D eigenvalue weighted by molar-refractivity contribution is -0.113. The van der Waals surface area contributed by atoms with E-state index in [1.54, 1.807) is 12.4 Å². The Kier molecular flexibility index (Phi) is 5.90. The number of nitrogens with one attached hydrogen (secondary N) is 1. The molecular formula is C23H21N5OS. The molecule has 0 radical (unpaired) electrons. The van der Waals surface area contributed by atoms with E-state index in [1.165, 1.54) is 11.8 Å². The lowest BCUT2D eigenvalue weighted by atomic mass is 10.2. The highest BCUT2D eigenvalue weighted by atomic mass is 32.2. The lowest BCUT2D eigenvalue weighted by Gasteiger charge is -2.13. The Labute approximate surface area is 179 Å². The predicted octanol–water partition coefficient (Wildman–Crippen LogP) is 4.68. The van der Waals surface area contributed by atoms with Crippen molar-refractivity contribution in [3.8, 4) is 17.1 Å². The van der Waals surface area contributed by atoms with E-state index in [2.05, 4.69) is 20.5 Å². The highest BCUT2D eigenvalue weighted by Gasteiger charge is 2.18. The van der Waals surface area contributed by atoms with Crippen LogP contribution in [0, 0.1) is 13.8 Å². The van der Waals surface area contributed by atoms with Crippen LogP contribution in [0.2, 0.25) is 0 Å². The van der Waals surface area contributed by atoms with Crippen LogP contribution in [0.1, 0.15) is 11.1 Å². The Morgan fingerprint density at radius 3 is 2.43 bits per heavy atom. The summed E-state index contributed by atoms with van der Waals surface area (Å²) in [4.78, 5) is 16.6. The minimum Gasteiger partial charge on any atom is -0.325 e. The third-order valence-corrected chi connectivity index (χ3v) is 5.52. The van der Waals surface area contributed by atoms with Crippen molar-refractivity contribution in [2.24, 2.45) is 0 Å². The van der Waals surface area contributed by atoms with Gasteiger partial charge in [-0.05, 0) is 49.7 Å². The molecule has 0 aliphatic heterocycles. The summed E-state index contributed by atoms with van der Waals surface area (Å²) in [5.41, 5.74) is 4.92. The molecule has 2 heterocycles. The first-order chi connectivity index (χ1) is 14.6. The molecule has 1 amide bonds. The Hall–Kier alpha value is -3.45. The zero-order valence-electron chi connectivity index (χ0n) is 16.7. The lowest BCUT2D eigenvalue weighted by Crippen LogP contribution is -2.14. The van der Waals surface area contributed by atoms with E-state index in [9.17, 15) is 4.79 Å². The highest BCUT2D eigenvalue weighted by Crippen LogP contribution is 2.29. The molecule has 4 rings (SSSR count). The molecule has 0 saturated heterocycles. The summed E-state index contributed by atoms with van der Waals surface area (Å²) in [6.45, 7) is 4.06. The molecule has 150 valence electrons. The van der Waals surface area contributed by atoms with Gasteiger partial charge in [0.05, 0.1) is 11.4 Å². The van der Waals surface area contributed by atoms with E-state index in [-0.39, 0.29) is 11.7 Å². The zero-order valence-corrected chi connectivity index (χ0v) is 17.6. The predicted molar refractivity (Wildman–Crippen MR) is 120 cm³/mol. The fourth-order valence-electron chi connectivity index (χ4n) is 3.05. The van der Waals surface area contributed by atoms with Crippen LogP contribution in [-0.2, 0) is 4.79 Å². The average Bonchev–Trinajstić information content (AvgIpc) is 3.18. The van der Waals surface area contributed by atoms with Gasteiger partial charge in [-0.3, -0.25) is 14.3 Å². The van der Waals surface area contributed by atoms with E-state index in [0.29, 0.717) is 11.0 Å². The van der Waals surface area contributed by atoms with E-state index >= 15 is 0 Å². The largest absolute Gasteiger partial charge is 0.325 e. The number of anilines is 1. The molecule has 7 heteroatoms. The molecule has 0 fully saturated rings. The Balaban J connectivity index is 1.60. The van der Waals surface area contributed by atoms with E-state index < -0.39 is 0 Å². The average molecular weight is 416 g/mol. The molecule has 0 aliphatic rings. The Morgan fingerprint density at radius 2 is 1.70 bits per heavy atom. The quantitative estimate of drug-likeness (QED) is 0.463. The number of hydrogen-bond donors (Lipinski definition) is 1. The fraction of sp³-hybridized carbons (Fsp3) is 0.130. The molecule has 0 aliphatic carbocycles. The normalized spacial score (nSPS) is 10.7. The number of rotatable bonds is 6. The van der Waals surface area contributed by atoms with Crippen LogP contribution in [0.15, 0.2) is 78.2 Å². The summed E-state index contributed by atoms with van der Waals surface area (Å²) in [6, 6.07) is 19.6. The van der Waals surface area contributed by atoms with Crippen LogP contribution in [-0.4, -0.2) is 31.4 Å². The van der Waals surface area contributed by atoms with Gasteiger partial charge in [0.1, 0.15) is 0 Å². The van der Waals surface area contributed by atoms with Gasteiger partial charge in [-0.25, -0.2) is 0 Å². The first-order valence-corrected chi connectivity index (χ1v) is 10.5. The number of benzene rings is 2. The minimum atomic E-state index is -0.0892. The van der Waals surface area contributed by atoms with Gasteiger partial charge in [0.2, 0.25) is 5.91 Å². The van der Waals surface area contributed by atoms with Crippen molar-refractivity contribution >= 4 is 23.4 Å².